The van der Waals surface area contributed by atoms with E-state index in [1.165, 1.54) is 7.11 Å². The average molecular weight is 624 g/mol. The molecule has 1 aliphatic carbocycles. The van der Waals surface area contributed by atoms with Crippen molar-refractivity contribution in [1.82, 2.24) is 25.8 Å². The zero-order chi connectivity index (χ0) is 32.1. The average Bonchev–Trinajstić information content (AvgIpc) is 3.61. The molecule has 1 spiro atoms. The van der Waals surface area contributed by atoms with Crippen molar-refractivity contribution in [3.8, 4) is 5.75 Å². The van der Waals surface area contributed by atoms with Gasteiger partial charge < -0.3 is 35.3 Å². The molecular weight excluding hydrogens is 578 g/mol. The normalized spacial score (nSPS) is 21.2. The van der Waals surface area contributed by atoms with Crippen LogP contribution in [0.5, 0.6) is 5.75 Å². The summed E-state index contributed by atoms with van der Waals surface area (Å²) in [4.78, 5) is 70.0. The van der Waals surface area contributed by atoms with Crippen LogP contribution in [0, 0.1) is 11.8 Å². The highest BCUT2D eigenvalue weighted by molar-refractivity contribution is 6.01. The molecule has 3 atom stereocenters. The summed E-state index contributed by atoms with van der Waals surface area (Å²) >= 11 is 0. The third-order valence-corrected chi connectivity index (χ3v) is 9.89. The van der Waals surface area contributed by atoms with Gasteiger partial charge in [-0.05, 0) is 56.2 Å². The monoisotopic (exact) mass is 623 g/mol. The number of aromatic amines is 1. The van der Waals surface area contributed by atoms with E-state index >= 15 is 0 Å². The standard InChI is InChI=1S/C33H45N5O7/c1-20(39)38-14-12-33(13-15-38)19-22(29(40)37-33)17-27(32(43)45-3)36-30(41)25(16-21-8-5-4-6-9-21)35-31(42)26-18-23-24(34-26)10-7-11-28(23)44-2/h7,10-11,18,21-22,25,27,34H,4-6,8-9,12-17,19H2,1-3H3,(H,35,42)(H,36,41)(H,37,40). The number of nitrogens with one attached hydrogen (secondary N) is 4. The second-order valence-electron chi connectivity index (χ2n) is 12.9. The summed E-state index contributed by atoms with van der Waals surface area (Å²) in [7, 11) is 2.82. The molecule has 2 aromatic rings. The van der Waals surface area contributed by atoms with Gasteiger partial charge in [-0.1, -0.05) is 38.2 Å². The van der Waals surface area contributed by atoms with Gasteiger partial charge in [-0.25, -0.2) is 4.79 Å². The quantitative estimate of drug-likeness (QED) is 0.296. The molecule has 3 heterocycles. The lowest BCUT2D eigenvalue weighted by atomic mass is 9.82. The second-order valence-corrected chi connectivity index (χ2v) is 12.9. The van der Waals surface area contributed by atoms with Crippen molar-refractivity contribution in [2.45, 2.75) is 88.8 Å². The summed E-state index contributed by atoms with van der Waals surface area (Å²) in [5, 5.41) is 9.62. The van der Waals surface area contributed by atoms with Crippen molar-refractivity contribution in [1.29, 1.82) is 0 Å². The lowest BCUT2D eigenvalue weighted by Gasteiger charge is -2.39. The van der Waals surface area contributed by atoms with Crippen molar-refractivity contribution in [3.05, 3.63) is 30.0 Å². The van der Waals surface area contributed by atoms with Crippen molar-refractivity contribution >= 4 is 40.5 Å². The zero-order valence-electron chi connectivity index (χ0n) is 26.4. The van der Waals surface area contributed by atoms with Crippen LogP contribution >= 0.6 is 0 Å². The maximum Gasteiger partial charge on any atom is 0.328 e. The van der Waals surface area contributed by atoms with Gasteiger partial charge in [0.2, 0.25) is 17.7 Å². The molecule has 1 saturated carbocycles. The van der Waals surface area contributed by atoms with E-state index in [1.54, 1.807) is 25.0 Å². The van der Waals surface area contributed by atoms with Crippen molar-refractivity contribution < 1.29 is 33.4 Å². The van der Waals surface area contributed by atoms with E-state index in [0.717, 1.165) is 43.0 Å². The van der Waals surface area contributed by atoms with E-state index in [2.05, 4.69) is 20.9 Å². The Morgan fingerprint density at radius 3 is 2.42 bits per heavy atom. The van der Waals surface area contributed by atoms with Crippen LogP contribution < -0.4 is 20.7 Å². The van der Waals surface area contributed by atoms with E-state index in [9.17, 15) is 24.0 Å². The first kappa shape index (κ1) is 32.3. The third kappa shape index (κ3) is 7.42. The van der Waals surface area contributed by atoms with Gasteiger partial charge in [0.15, 0.2) is 0 Å². The van der Waals surface area contributed by atoms with E-state index in [1.807, 2.05) is 18.2 Å². The van der Waals surface area contributed by atoms with E-state index in [0.29, 0.717) is 50.2 Å². The van der Waals surface area contributed by atoms with Gasteiger partial charge in [0, 0.05) is 42.4 Å². The minimum atomic E-state index is -1.06. The van der Waals surface area contributed by atoms with Crippen LogP contribution in [0.3, 0.4) is 0 Å². The molecule has 12 heteroatoms. The predicted molar refractivity (Wildman–Crippen MR) is 166 cm³/mol. The molecule has 0 bridgehead atoms. The Morgan fingerprint density at radius 1 is 1.02 bits per heavy atom. The number of piperidine rings is 1. The first-order valence-electron chi connectivity index (χ1n) is 16.0. The molecule has 1 aromatic carbocycles. The molecular formula is C33H45N5O7. The van der Waals surface area contributed by atoms with Gasteiger partial charge >= 0.3 is 5.97 Å². The maximum absolute atomic E-state index is 13.8. The number of H-pyrrole nitrogens is 1. The fraction of sp³-hybridized carbons (Fsp3) is 0.606. The molecule has 0 radical (unpaired) electrons. The molecule has 45 heavy (non-hydrogen) atoms. The largest absolute Gasteiger partial charge is 0.496 e. The molecule has 1 aromatic heterocycles. The van der Waals surface area contributed by atoms with Gasteiger partial charge in [-0.15, -0.1) is 0 Å². The smallest absolute Gasteiger partial charge is 0.328 e. The van der Waals surface area contributed by atoms with Crippen molar-refractivity contribution in [2.24, 2.45) is 11.8 Å². The number of ether oxygens (including phenoxy) is 2. The minimum absolute atomic E-state index is 0.0123. The Labute approximate surface area is 263 Å². The fourth-order valence-electron chi connectivity index (χ4n) is 7.31. The zero-order valence-corrected chi connectivity index (χ0v) is 26.4. The number of hydrogen-bond acceptors (Lipinski definition) is 7. The molecule has 3 unspecified atom stereocenters. The maximum atomic E-state index is 13.8. The summed E-state index contributed by atoms with van der Waals surface area (Å²) in [6.45, 7) is 2.66. The summed E-state index contributed by atoms with van der Waals surface area (Å²) in [5.74, 6) is -1.35. The number of amides is 4. The molecule has 3 fully saturated rings. The molecule has 5 rings (SSSR count). The number of carbonyl (C=O) groups is 5. The Bertz CT molecular complexity index is 1420. The number of nitrogens with zero attached hydrogens (tertiary/aromatic N) is 1. The van der Waals surface area contributed by atoms with Crippen LogP contribution in [0.15, 0.2) is 24.3 Å². The number of rotatable bonds is 10. The summed E-state index contributed by atoms with van der Waals surface area (Å²) in [6, 6.07) is 5.23. The number of esters is 1. The fourth-order valence-corrected chi connectivity index (χ4v) is 7.31. The van der Waals surface area contributed by atoms with Gasteiger partial charge in [0.05, 0.1) is 14.2 Å². The minimum Gasteiger partial charge on any atom is -0.496 e. The van der Waals surface area contributed by atoms with Crippen LogP contribution in [0.2, 0.25) is 0 Å². The molecule has 4 amide bonds. The first-order chi connectivity index (χ1) is 21.6. The highest BCUT2D eigenvalue weighted by Crippen LogP contribution is 2.37. The molecule has 244 valence electrons. The lowest BCUT2D eigenvalue weighted by molar-refractivity contribution is -0.146. The van der Waals surface area contributed by atoms with Crippen LogP contribution in [0.4, 0.5) is 0 Å². The van der Waals surface area contributed by atoms with E-state index in [4.69, 9.17) is 9.47 Å². The molecule has 12 nitrogen and oxygen atoms in total. The topological polar surface area (TPSA) is 159 Å². The summed E-state index contributed by atoms with van der Waals surface area (Å²) < 4.78 is 10.5. The molecule has 2 saturated heterocycles. The molecule has 2 aliphatic heterocycles. The summed E-state index contributed by atoms with van der Waals surface area (Å²) in [6.07, 6.45) is 7.53. The number of likely N-dealkylation sites (tertiary alicyclic amines) is 1. The van der Waals surface area contributed by atoms with Gasteiger partial charge in [0.1, 0.15) is 23.5 Å². The van der Waals surface area contributed by atoms with Crippen molar-refractivity contribution in [2.75, 3.05) is 27.3 Å². The Kier molecular flexibility index (Phi) is 9.99. The highest BCUT2D eigenvalue weighted by atomic mass is 16.5. The van der Waals surface area contributed by atoms with Crippen LogP contribution in [0.25, 0.3) is 10.9 Å². The number of aromatic nitrogens is 1. The Hall–Kier alpha value is -4.09. The predicted octanol–water partition coefficient (Wildman–Crippen LogP) is 2.81. The van der Waals surface area contributed by atoms with Crippen LogP contribution in [-0.4, -0.2) is 84.4 Å². The highest BCUT2D eigenvalue weighted by Gasteiger charge is 2.47. The Balaban J connectivity index is 1.29. The SMILES string of the molecule is COC(=O)C(CC1CC2(CCN(C(C)=O)CC2)NC1=O)NC(=O)C(CC1CCCCC1)NC(=O)c1cc2c(OC)cccc2[nH]1. The van der Waals surface area contributed by atoms with Gasteiger partial charge in [-0.2, -0.15) is 0 Å². The van der Waals surface area contributed by atoms with Crippen LogP contribution in [0.1, 0.15) is 81.6 Å². The van der Waals surface area contributed by atoms with Crippen molar-refractivity contribution in [3.63, 3.8) is 0 Å². The summed E-state index contributed by atoms with van der Waals surface area (Å²) in [5.41, 5.74) is 0.598. The lowest BCUT2D eigenvalue weighted by Crippen LogP contribution is -2.53. The molecule has 4 N–H and O–H groups in total. The number of benzene rings is 1. The molecule has 3 aliphatic rings. The number of methoxy groups -OCH3 is 2. The van der Waals surface area contributed by atoms with Crippen LogP contribution in [-0.2, 0) is 23.9 Å². The van der Waals surface area contributed by atoms with Gasteiger partial charge in [-0.3, -0.25) is 19.2 Å². The first-order valence-corrected chi connectivity index (χ1v) is 16.0. The Morgan fingerprint density at radius 2 is 1.76 bits per heavy atom. The van der Waals surface area contributed by atoms with Gasteiger partial charge in [0.25, 0.3) is 5.91 Å². The number of hydrogen-bond donors (Lipinski definition) is 4. The third-order valence-electron chi connectivity index (χ3n) is 9.89. The van der Waals surface area contributed by atoms with E-state index in [-0.39, 0.29) is 24.2 Å². The second kappa shape index (κ2) is 13.9. The van der Waals surface area contributed by atoms with E-state index < -0.39 is 41.3 Å². The number of carbonyl (C=O) groups excluding carboxylic acids is 5. The number of fused-ring (bicyclic) bond motifs is 1.